The number of tetrazole rings is 1. The Morgan fingerprint density at radius 1 is 1.47 bits per heavy atom. The molecule has 2 aromatic heterocycles. The standard InChI is InChI=1S/C7H5BrN6O/c8-4-1-2-5(9-3-4)10-7(15)6-11-13-14-12-6/h1-3H,(H,9,10,15)(H,11,12,13,14). The molecule has 2 N–H and O–H groups in total. The zero-order valence-electron chi connectivity index (χ0n) is 7.31. The van der Waals surface area contributed by atoms with E-state index in [0.29, 0.717) is 5.82 Å². The van der Waals surface area contributed by atoms with E-state index in [0.717, 1.165) is 4.47 Å². The second kappa shape index (κ2) is 4.13. The van der Waals surface area contributed by atoms with Gasteiger partial charge >= 0.3 is 0 Å². The van der Waals surface area contributed by atoms with Crippen molar-refractivity contribution >= 4 is 27.7 Å². The van der Waals surface area contributed by atoms with Crippen LogP contribution in [-0.4, -0.2) is 31.5 Å². The smallest absolute Gasteiger partial charge is 0.298 e. The molecule has 15 heavy (non-hydrogen) atoms. The molecule has 0 fully saturated rings. The van der Waals surface area contributed by atoms with Gasteiger partial charge in [-0.1, -0.05) is 0 Å². The van der Waals surface area contributed by atoms with Crippen molar-refractivity contribution in [2.45, 2.75) is 0 Å². The van der Waals surface area contributed by atoms with Crippen molar-refractivity contribution in [3.8, 4) is 0 Å². The SMILES string of the molecule is O=C(Nc1ccc(Br)cn1)c1nn[nH]n1. The maximum atomic E-state index is 11.4. The van der Waals surface area contributed by atoms with Crippen LogP contribution in [-0.2, 0) is 0 Å². The summed E-state index contributed by atoms with van der Waals surface area (Å²) in [5, 5.41) is 15.0. The van der Waals surface area contributed by atoms with Crippen LogP contribution in [0.4, 0.5) is 5.82 Å². The highest BCUT2D eigenvalue weighted by atomic mass is 79.9. The Labute approximate surface area is 92.4 Å². The lowest BCUT2D eigenvalue weighted by Crippen LogP contribution is -2.14. The van der Waals surface area contributed by atoms with Crippen molar-refractivity contribution in [1.82, 2.24) is 25.6 Å². The second-order valence-corrected chi connectivity index (χ2v) is 3.47. The van der Waals surface area contributed by atoms with Crippen LogP contribution in [0.15, 0.2) is 22.8 Å². The van der Waals surface area contributed by atoms with Crippen molar-refractivity contribution in [2.75, 3.05) is 5.32 Å². The van der Waals surface area contributed by atoms with E-state index in [1.165, 1.54) is 0 Å². The van der Waals surface area contributed by atoms with Gasteiger partial charge in [0, 0.05) is 10.7 Å². The van der Waals surface area contributed by atoms with Gasteiger partial charge in [0.2, 0.25) is 0 Å². The summed E-state index contributed by atoms with van der Waals surface area (Å²) in [5.41, 5.74) is 0. The Balaban J connectivity index is 2.09. The van der Waals surface area contributed by atoms with E-state index >= 15 is 0 Å². The molecule has 2 aromatic rings. The Hall–Kier alpha value is -1.83. The number of halogens is 1. The fraction of sp³-hybridized carbons (Fsp3) is 0. The summed E-state index contributed by atoms with van der Waals surface area (Å²) in [4.78, 5) is 15.4. The Bertz CT molecular complexity index is 453. The molecule has 0 aliphatic rings. The minimum Gasteiger partial charge on any atom is -0.304 e. The number of amides is 1. The fourth-order valence-corrected chi connectivity index (χ4v) is 1.11. The highest BCUT2D eigenvalue weighted by Crippen LogP contribution is 2.10. The van der Waals surface area contributed by atoms with Gasteiger partial charge in [-0.05, 0) is 33.3 Å². The molecule has 8 heteroatoms. The first kappa shape index (κ1) is 9.71. The van der Waals surface area contributed by atoms with Crippen LogP contribution in [0.3, 0.4) is 0 Å². The number of nitrogens with one attached hydrogen (secondary N) is 2. The van der Waals surface area contributed by atoms with Gasteiger partial charge in [0.1, 0.15) is 5.82 Å². The first-order valence-corrected chi connectivity index (χ1v) is 4.71. The average molecular weight is 269 g/mol. The van der Waals surface area contributed by atoms with Crippen molar-refractivity contribution < 1.29 is 4.79 Å². The van der Waals surface area contributed by atoms with Gasteiger partial charge in [0.05, 0.1) is 0 Å². The van der Waals surface area contributed by atoms with E-state index in [-0.39, 0.29) is 5.82 Å². The number of anilines is 1. The quantitative estimate of drug-likeness (QED) is 0.832. The molecule has 0 aromatic carbocycles. The third-order valence-electron chi connectivity index (χ3n) is 1.52. The summed E-state index contributed by atoms with van der Waals surface area (Å²) >= 11 is 3.24. The summed E-state index contributed by atoms with van der Waals surface area (Å²) < 4.78 is 0.833. The summed E-state index contributed by atoms with van der Waals surface area (Å²) in [5.74, 6) is -0.0636. The second-order valence-electron chi connectivity index (χ2n) is 2.55. The number of pyridine rings is 1. The molecule has 0 atom stereocenters. The summed E-state index contributed by atoms with van der Waals surface area (Å²) in [6.45, 7) is 0. The number of nitrogens with zero attached hydrogens (tertiary/aromatic N) is 4. The lowest BCUT2D eigenvalue weighted by molar-refractivity contribution is 0.101. The number of aromatic nitrogens is 5. The monoisotopic (exact) mass is 268 g/mol. The predicted molar refractivity (Wildman–Crippen MR) is 54.1 cm³/mol. The molecule has 0 unspecified atom stereocenters. The van der Waals surface area contributed by atoms with E-state index in [1.54, 1.807) is 18.3 Å². The average Bonchev–Trinajstić information content (AvgIpc) is 2.74. The molecule has 2 rings (SSSR count). The third kappa shape index (κ3) is 2.34. The van der Waals surface area contributed by atoms with Gasteiger partial charge in [-0.25, -0.2) is 4.98 Å². The van der Waals surface area contributed by atoms with Gasteiger partial charge in [-0.15, -0.1) is 10.2 Å². The highest BCUT2D eigenvalue weighted by molar-refractivity contribution is 9.10. The van der Waals surface area contributed by atoms with Crippen molar-refractivity contribution in [3.05, 3.63) is 28.6 Å². The fourth-order valence-electron chi connectivity index (χ4n) is 0.880. The van der Waals surface area contributed by atoms with Crippen molar-refractivity contribution in [1.29, 1.82) is 0 Å². The zero-order chi connectivity index (χ0) is 10.7. The molecule has 0 aliphatic heterocycles. The van der Waals surface area contributed by atoms with E-state index < -0.39 is 5.91 Å². The number of hydrogen-bond donors (Lipinski definition) is 2. The van der Waals surface area contributed by atoms with Crippen LogP contribution < -0.4 is 5.32 Å². The number of rotatable bonds is 2. The highest BCUT2D eigenvalue weighted by Gasteiger charge is 2.10. The molecular weight excluding hydrogens is 264 g/mol. The van der Waals surface area contributed by atoms with Gasteiger partial charge < -0.3 is 5.32 Å². The van der Waals surface area contributed by atoms with Gasteiger partial charge in [-0.3, -0.25) is 4.79 Å². The predicted octanol–water partition coefficient (Wildman–Crippen LogP) is 0.609. The van der Waals surface area contributed by atoms with E-state index in [9.17, 15) is 4.79 Å². The number of carbonyl (C=O) groups excluding carboxylic acids is 1. The minimum atomic E-state index is -0.460. The van der Waals surface area contributed by atoms with Gasteiger partial charge in [0.15, 0.2) is 0 Å². The van der Waals surface area contributed by atoms with E-state index in [2.05, 4.69) is 46.9 Å². The molecule has 0 aliphatic carbocycles. The zero-order valence-corrected chi connectivity index (χ0v) is 8.89. The molecule has 0 saturated heterocycles. The maximum Gasteiger partial charge on any atom is 0.298 e. The molecule has 0 spiro atoms. The van der Waals surface area contributed by atoms with Crippen molar-refractivity contribution in [3.63, 3.8) is 0 Å². The first-order valence-electron chi connectivity index (χ1n) is 3.92. The van der Waals surface area contributed by atoms with Crippen LogP contribution in [0.5, 0.6) is 0 Å². The van der Waals surface area contributed by atoms with Crippen LogP contribution in [0.2, 0.25) is 0 Å². The molecule has 0 bridgehead atoms. The number of H-pyrrole nitrogens is 1. The largest absolute Gasteiger partial charge is 0.304 e. The minimum absolute atomic E-state index is 0.0280. The van der Waals surface area contributed by atoms with Gasteiger partial charge in [0.25, 0.3) is 11.7 Å². The van der Waals surface area contributed by atoms with Crippen LogP contribution in [0.1, 0.15) is 10.6 Å². The molecule has 2 heterocycles. The number of carbonyl (C=O) groups is 1. The number of aromatic amines is 1. The maximum absolute atomic E-state index is 11.4. The summed E-state index contributed by atoms with van der Waals surface area (Å²) in [6, 6.07) is 3.42. The Kier molecular flexibility index (Phi) is 2.68. The molecule has 0 radical (unpaired) electrons. The van der Waals surface area contributed by atoms with E-state index in [1.807, 2.05) is 0 Å². The lowest BCUT2D eigenvalue weighted by atomic mass is 10.4. The third-order valence-corrected chi connectivity index (χ3v) is 1.99. The number of hydrogen-bond acceptors (Lipinski definition) is 5. The lowest BCUT2D eigenvalue weighted by Gasteiger charge is -2.00. The van der Waals surface area contributed by atoms with Crippen LogP contribution >= 0.6 is 15.9 Å². The molecule has 0 saturated carbocycles. The van der Waals surface area contributed by atoms with Gasteiger partial charge in [-0.2, -0.15) is 5.21 Å². The van der Waals surface area contributed by atoms with Crippen LogP contribution in [0, 0.1) is 0 Å². The normalized spacial score (nSPS) is 9.93. The molecule has 76 valence electrons. The molecule has 7 nitrogen and oxygen atoms in total. The summed E-state index contributed by atoms with van der Waals surface area (Å²) in [6.07, 6.45) is 1.58. The Morgan fingerprint density at radius 2 is 2.33 bits per heavy atom. The Morgan fingerprint density at radius 3 is 2.93 bits per heavy atom. The van der Waals surface area contributed by atoms with Crippen molar-refractivity contribution in [2.24, 2.45) is 0 Å². The molecular formula is C7H5BrN6O. The summed E-state index contributed by atoms with van der Waals surface area (Å²) in [7, 11) is 0. The molecule has 1 amide bonds. The van der Waals surface area contributed by atoms with E-state index in [4.69, 9.17) is 0 Å². The first-order chi connectivity index (χ1) is 7.25. The van der Waals surface area contributed by atoms with Crippen LogP contribution in [0.25, 0.3) is 0 Å². The topological polar surface area (TPSA) is 96.5 Å².